The molecule has 3 aromatic rings. The van der Waals surface area contributed by atoms with Gasteiger partial charge in [0.25, 0.3) is 21.8 Å². The van der Waals surface area contributed by atoms with E-state index in [-0.39, 0.29) is 28.8 Å². The lowest BCUT2D eigenvalue weighted by Gasteiger charge is -2.10. The van der Waals surface area contributed by atoms with Gasteiger partial charge in [-0.2, -0.15) is 0 Å². The first-order valence-electron chi connectivity index (χ1n) is 9.10. The fourth-order valence-electron chi connectivity index (χ4n) is 2.66. The van der Waals surface area contributed by atoms with E-state index in [0.717, 1.165) is 5.56 Å². The fourth-order valence-corrected chi connectivity index (χ4v) is 3.64. The molecule has 10 heteroatoms. The van der Waals surface area contributed by atoms with Crippen LogP contribution < -0.4 is 16.2 Å². The average molecular weight is 455 g/mol. The molecule has 0 atom stereocenters. The summed E-state index contributed by atoms with van der Waals surface area (Å²) < 4.78 is 26.9. The van der Waals surface area contributed by atoms with Gasteiger partial charge in [0.15, 0.2) is 0 Å². The summed E-state index contributed by atoms with van der Waals surface area (Å²) in [6.07, 6.45) is 2.78. The molecule has 6 N–H and O–H groups in total. The summed E-state index contributed by atoms with van der Waals surface area (Å²) in [6.45, 7) is 3.40. The van der Waals surface area contributed by atoms with Gasteiger partial charge in [-0.3, -0.25) is 14.6 Å². The Bertz CT molecular complexity index is 1220. The number of nitrogens with zero attached hydrogens (tertiary/aromatic N) is 1. The lowest BCUT2D eigenvalue weighted by Crippen LogP contribution is -2.30. The second kappa shape index (κ2) is 10.4. The molecule has 2 amide bonds. The van der Waals surface area contributed by atoms with Crippen molar-refractivity contribution in [3.05, 3.63) is 95.8 Å². The van der Waals surface area contributed by atoms with Crippen molar-refractivity contribution in [1.82, 2.24) is 15.9 Å². The average Bonchev–Trinajstić information content (AvgIpc) is 2.79. The highest BCUT2D eigenvalue weighted by Gasteiger charge is 2.19. The number of carbonyl (C=O) groups excluding carboxylic acids is 2. The number of aliphatic hydroxyl groups excluding tert-OH is 1. The zero-order valence-corrected chi connectivity index (χ0v) is 17.8. The van der Waals surface area contributed by atoms with E-state index in [2.05, 4.69) is 16.9 Å². The quantitative estimate of drug-likeness (QED) is 0.427. The summed E-state index contributed by atoms with van der Waals surface area (Å²) in [5, 5.41) is 11.7. The number of anilines is 1. The lowest BCUT2D eigenvalue weighted by atomic mass is 10.1. The Labute approximate surface area is 185 Å². The van der Waals surface area contributed by atoms with E-state index in [1.807, 2.05) is 10.8 Å². The van der Waals surface area contributed by atoms with Gasteiger partial charge in [-0.05, 0) is 48.0 Å². The molecule has 0 aliphatic heterocycles. The number of carbonyl (C=O) groups is 2. The highest BCUT2D eigenvalue weighted by molar-refractivity contribution is 7.90. The predicted octanol–water partition coefficient (Wildman–Crippen LogP) is 2.75. The number of sulfonamides is 1. The van der Waals surface area contributed by atoms with Crippen molar-refractivity contribution < 1.29 is 23.1 Å². The molecule has 0 fully saturated rings. The number of rotatable bonds is 7. The van der Waals surface area contributed by atoms with Gasteiger partial charge in [-0.25, -0.2) is 13.1 Å². The summed E-state index contributed by atoms with van der Waals surface area (Å²) in [5.74, 6) is -1.28. The van der Waals surface area contributed by atoms with Gasteiger partial charge in [-0.1, -0.05) is 30.9 Å². The van der Waals surface area contributed by atoms with E-state index in [1.165, 1.54) is 42.6 Å². The molecule has 2 aromatic carbocycles. The van der Waals surface area contributed by atoms with Crippen LogP contribution in [0.5, 0.6) is 0 Å². The molecule has 0 spiro atoms. The maximum atomic E-state index is 12.5. The van der Waals surface area contributed by atoms with Crippen LogP contribution in [0.15, 0.2) is 78.3 Å². The first-order valence-corrected chi connectivity index (χ1v) is 10.6. The van der Waals surface area contributed by atoms with Gasteiger partial charge >= 0.3 is 0 Å². The molecule has 1 heterocycles. The van der Waals surface area contributed by atoms with Gasteiger partial charge in [-0.15, -0.1) is 0 Å². The van der Waals surface area contributed by atoms with E-state index in [4.69, 9.17) is 5.11 Å². The summed E-state index contributed by atoms with van der Waals surface area (Å²) in [7, 11) is -4.16. The van der Waals surface area contributed by atoms with E-state index in [9.17, 15) is 18.0 Å². The molecule has 166 valence electrons. The number of benzene rings is 2. The standard InChI is InChI=1S/C22H19N3O5S.H3N/c1-2-15-5-3-4-6-20(15)24-21(27)16-8-11-19(12-9-16)31(29,30)25-22(28)17-7-10-18(14-26)23-13-17;/h2-13,26H,1,14H2,(H,24,27)(H,25,28);1H3. The van der Waals surface area contributed by atoms with E-state index < -0.39 is 21.8 Å². The van der Waals surface area contributed by atoms with Crippen LogP contribution in [0.1, 0.15) is 32.0 Å². The maximum Gasteiger partial charge on any atom is 0.266 e. The monoisotopic (exact) mass is 454 g/mol. The van der Waals surface area contributed by atoms with E-state index >= 15 is 0 Å². The van der Waals surface area contributed by atoms with Crippen molar-refractivity contribution in [1.29, 1.82) is 0 Å². The number of para-hydroxylation sites is 1. The Morgan fingerprint density at radius 1 is 0.969 bits per heavy atom. The molecule has 0 radical (unpaired) electrons. The molecule has 32 heavy (non-hydrogen) atoms. The molecule has 9 nitrogen and oxygen atoms in total. The van der Waals surface area contributed by atoms with Gasteiger partial charge in [0, 0.05) is 17.4 Å². The van der Waals surface area contributed by atoms with Crippen LogP contribution in [0.4, 0.5) is 5.69 Å². The minimum Gasteiger partial charge on any atom is -0.390 e. The minimum absolute atomic E-state index is 0. The van der Waals surface area contributed by atoms with Crippen molar-refractivity contribution in [2.24, 2.45) is 0 Å². The van der Waals surface area contributed by atoms with Crippen molar-refractivity contribution in [2.75, 3.05) is 5.32 Å². The molecule has 0 aliphatic carbocycles. The molecule has 0 unspecified atom stereocenters. The highest BCUT2D eigenvalue weighted by Crippen LogP contribution is 2.18. The van der Waals surface area contributed by atoms with Crippen molar-refractivity contribution in [2.45, 2.75) is 11.5 Å². The van der Waals surface area contributed by atoms with Crippen LogP contribution in [-0.4, -0.2) is 30.3 Å². The third-order valence-corrected chi connectivity index (χ3v) is 5.68. The number of amides is 2. The Hall–Kier alpha value is -3.86. The third-order valence-electron chi connectivity index (χ3n) is 4.33. The van der Waals surface area contributed by atoms with Crippen LogP contribution in [0, 0.1) is 0 Å². The molecule has 0 saturated carbocycles. The third kappa shape index (κ3) is 5.64. The number of aliphatic hydroxyl groups is 1. The zero-order chi connectivity index (χ0) is 22.4. The fraction of sp³-hybridized carbons (Fsp3) is 0.0455. The molecular formula is C22H22N4O5S. The molecule has 0 saturated heterocycles. The van der Waals surface area contributed by atoms with Gasteiger partial charge in [0.1, 0.15) is 0 Å². The highest BCUT2D eigenvalue weighted by atomic mass is 32.2. The molecular weight excluding hydrogens is 432 g/mol. The Kier molecular flexibility index (Phi) is 7.97. The Morgan fingerprint density at radius 2 is 1.62 bits per heavy atom. The summed E-state index contributed by atoms with van der Waals surface area (Å²) >= 11 is 0. The van der Waals surface area contributed by atoms with Crippen molar-refractivity contribution in [3.63, 3.8) is 0 Å². The van der Waals surface area contributed by atoms with Crippen LogP contribution in [0.2, 0.25) is 0 Å². The van der Waals surface area contributed by atoms with Gasteiger partial charge in [0.05, 0.1) is 22.8 Å². The molecule has 3 rings (SSSR count). The summed E-state index contributed by atoms with van der Waals surface area (Å²) in [4.78, 5) is 28.3. The van der Waals surface area contributed by atoms with Gasteiger partial charge < -0.3 is 16.6 Å². The van der Waals surface area contributed by atoms with Gasteiger partial charge in [0.2, 0.25) is 0 Å². The molecule has 0 aliphatic rings. The van der Waals surface area contributed by atoms with Crippen LogP contribution in [-0.2, 0) is 16.6 Å². The number of pyridine rings is 1. The number of hydrogen-bond donors (Lipinski definition) is 4. The van der Waals surface area contributed by atoms with Crippen LogP contribution in [0.3, 0.4) is 0 Å². The number of aromatic nitrogens is 1. The zero-order valence-electron chi connectivity index (χ0n) is 17.0. The molecule has 0 bridgehead atoms. The second-order valence-electron chi connectivity index (χ2n) is 6.40. The Morgan fingerprint density at radius 3 is 2.22 bits per heavy atom. The topological polar surface area (TPSA) is 160 Å². The van der Waals surface area contributed by atoms with E-state index in [0.29, 0.717) is 11.4 Å². The number of nitrogens with one attached hydrogen (secondary N) is 2. The van der Waals surface area contributed by atoms with Crippen LogP contribution >= 0.6 is 0 Å². The van der Waals surface area contributed by atoms with Crippen LogP contribution in [0.25, 0.3) is 6.08 Å². The lowest BCUT2D eigenvalue weighted by molar-refractivity contribution is 0.0979. The largest absolute Gasteiger partial charge is 0.390 e. The first-order chi connectivity index (χ1) is 14.8. The SMILES string of the molecule is C=Cc1ccccc1NC(=O)c1ccc(S(=O)(=O)NC(=O)c2ccc(CO)nc2)cc1.N. The predicted molar refractivity (Wildman–Crippen MR) is 121 cm³/mol. The first kappa shape index (κ1) is 24.4. The van der Waals surface area contributed by atoms with Crippen molar-refractivity contribution in [3.8, 4) is 0 Å². The minimum atomic E-state index is -4.16. The van der Waals surface area contributed by atoms with E-state index in [1.54, 1.807) is 24.3 Å². The smallest absolute Gasteiger partial charge is 0.266 e. The maximum absolute atomic E-state index is 12.5. The van der Waals surface area contributed by atoms with Crippen molar-refractivity contribution >= 4 is 33.6 Å². The summed E-state index contributed by atoms with van der Waals surface area (Å²) in [6, 6.07) is 15.1. The normalized spacial score (nSPS) is 10.5. The number of hydrogen-bond acceptors (Lipinski definition) is 7. The summed E-state index contributed by atoms with van der Waals surface area (Å²) in [5.41, 5.74) is 1.95. The Balaban J connectivity index is 0.00000363. The molecule has 1 aromatic heterocycles. The second-order valence-corrected chi connectivity index (χ2v) is 8.08.